The summed E-state index contributed by atoms with van der Waals surface area (Å²) in [5.41, 5.74) is 1.68. The summed E-state index contributed by atoms with van der Waals surface area (Å²) in [5, 5.41) is 11.5. The average Bonchev–Trinajstić information content (AvgIpc) is 2.21. The minimum absolute atomic E-state index is 0.0568. The molecule has 1 unspecified atom stereocenters. The third kappa shape index (κ3) is 3.32. The summed E-state index contributed by atoms with van der Waals surface area (Å²) in [5.74, 6) is -0.169. The number of hydrogen-bond acceptors (Lipinski definition) is 2. The van der Waals surface area contributed by atoms with Crippen LogP contribution in [0.4, 0.5) is 0 Å². The highest BCUT2D eigenvalue weighted by Crippen LogP contribution is 2.17. The summed E-state index contributed by atoms with van der Waals surface area (Å²) in [6, 6.07) is 5.19. The van der Waals surface area contributed by atoms with Crippen LogP contribution in [0.1, 0.15) is 22.8 Å². The molecule has 0 radical (unpaired) electrons. The van der Waals surface area contributed by atoms with Crippen molar-refractivity contribution in [2.75, 3.05) is 6.61 Å². The second-order valence-corrected chi connectivity index (χ2v) is 4.38. The van der Waals surface area contributed by atoms with Gasteiger partial charge in [0.2, 0.25) is 0 Å². The number of aryl methyl sites for hydroxylation is 1. The Morgan fingerprint density at radius 3 is 2.80 bits per heavy atom. The molecule has 0 aromatic heterocycles. The van der Waals surface area contributed by atoms with Gasteiger partial charge >= 0.3 is 0 Å². The first-order chi connectivity index (χ1) is 7.04. The normalized spacial score (nSPS) is 12.3. The number of aliphatic hydroxyl groups is 1. The molecule has 4 heteroatoms. The van der Waals surface area contributed by atoms with E-state index in [9.17, 15) is 4.79 Å². The van der Waals surface area contributed by atoms with Crippen LogP contribution in [0.5, 0.6) is 0 Å². The fourth-order valence-electron chi connectivity index (χ4n) is 1.09. The first kappa shape index (κ1) is 12.2. The lowest BCUT2D eigenvalue weighted by Crippen LogP contribution is -2.34. The van der Waals surface area contributed by atoms with Crippen LogP contribution in [-0.2, 0) is 0 Å². The minimum atomic E-state index is -0.224. The number of carbonyl (C=O) groups is 1. The highest BCUT2D eigenvalue weighted by molar-refractivity contribution is 9.10. The van der Waals surface area contributed by atoms with E-state index in [2.05, 4.69) is 21.2 Å². The van der Waals surface area contributed by atoms with Gasteiger partial charge in [-0.2, -0.15) is 0 Å². The molecule has 82 valence electrons. The standard InChI is InChI=1S/C11H14BrNO2/c1-7-3-4-9(5-10(7)12)11(15)13-8(2)6-14/h3-5,8,14H,6H2,1-2H3,(H,13,15). The van der Waals surface area contributed by atoms with Crippen molar-refractivity contribution in [3.05, 3.63) is 33.8 Å². The molecule has 3 nitrogen and oxygen atoms in total. The van der Waals surface area contributed by atoms with E-state index < -0.39 is 0 Å². The lowest BCUT2D eigenvalue weighted by Gasteiger charge is -2.11. The van der Waals surface area contributed by atoms with Crippen LogP contribution in [0.3, 0.4) is 0 Å². The SMILES string of the molecule is Cc1ccc(C(=O)NC(C)CO)cc1Br. The van der Waals surface area contributed by atoms with Crippen LogP contribution in [0.15, 0.2) is 22.7 Å². The Labute approximate surface area is 97.6 Å². The molecular formula is C11H14BrNO2. The number of carbonyl (C=O) groups excluding carboxylic acids is 1. The molecule has 1 atom stereocenters. The van der Waals surface area contributed by atoms with Crippen LogP contribution in [0.2, 0.25) is 0 Å². The van der Waals surface area contributed by atoms with Crippen LogP contribution in [0.25, 0.3) is 0 Å². The molecule has 0 spiro atoms. The molecule has 0 saturated heterocycles. The maximum Gasteiger partial charge on any atom is 0.251 e. The molecule has 0 aliphatic rings. The van der Waals surface area contributed by atoms with Crippen molar-refractivity contribution in [3.8, 4) is 0 Å². The van der Waals surface area contributed by atoms with Crippen molar-refractivity contribution >= 4 is 21.8 Å². The fraction of sp³-hybridized carbons (Fsp3) is 0.364. The molecule has 1 aromatic carbocycles. The van der Waals surface area contributed by atoms with Crippen LogP contribution < -0.4 is 5.32 Å². The van der Waals surface area contributed by atoms with Crippen molar-refractivity contribution in [1.82, 2.24) is 5.32 Å². The average molecular weight is 272 g/mol. The van der Waals surface area contributed by atoms with E-state index in [-0.39, 0.29) is 18.6 Å². The van der Waals surface area contributed by atoms with Crippen LogP contribution in [0, 0.1) is 6.92 Å². The lowest BCUT2D eigenvalue weighted by molar-refractivity contribution is 0.0922. The third-order valence-corrected chi connectivity index (χ3v) is 2.94. The van der Waals surface area contributed by atoms with E-state index in [1.54, 1.807) is 19.1 Å². The summed E-state index contributed by atoms with van der Waals surface area (Å²) >= 11 is 3.37. The van der Waals surface area contributed by atoms with Crippen molar-refractivity contribution in [1.29, 1.82) is 0 Å². The summed E-state index contributed by atoms with van der Waals surface area (Å²) in [4.78, 5) is 11.6. The monoisotopic (exact) mass is 271 g/mol. The zero-order valence-corrected chi connectivity index (χ0v) is 10.3. The van der Waals surface area contributed by atoms with Gasteiger partial charge in [0.05, 0.1) is 6.61 Å². The molecule has 0 aliphatic carbocycles. The predicted octanol–water partition coefficient (Wildman–Crippen LogP) is 1.87. The zero-order valence-electron chi connectivity index (χ0n) is 8.75. The van der Waals surface area contributed by atoms with E-state index in [0.29, 0.717) is 5.56 Å². The summed E-state index contributed by atoms with van der Waals surface area (Å²) in [7, 11) is 0. The number of halogens is 1. The summed E-state index contributed by atoms with van der Waals surface area (Å²) < 4.78 is 0.909. The second-order valence-electron chi connectivity index (χ2n) is 3.52. The smallest absolute Gasteiger partial charge is 0.251 e. The molecule has 0 bridgehead atoms. The molecule has 15 heavy (non-hydrogen) atoms. The van der Waals surface area contributed by atoms with Crippen molar-refractivity contribution in [2.45, 2.75) is 19.9 Å². The van der Waals surface area contributed by atoms with Crippen molar-refractivity contribution < 1.29 is 9.90 Å². The van der Waals surface area contributed by atoms with Gasteiger partial charge in [-0.15, -0.1) is 0 Å². The maximum atomic E-state index is 11.6. The number of amides is 1. The van der Waals surface area contributed by atoms with E-state index in [0.717, 1.165) is 10.0 Å². The van der Waals surface area contributed by atoms with Gasteiger partial charge in [0.1, 0.15) is 0 Å². The van der Waals surface area contributed by atoms with E-state index >= 15 is 0 Å². The molecule has 0 heterocycles. The number of aliphatic hydroxyl groups excluding tert-OH is 1. The molecule has 1 rings (SSSR count). The molecular weight excluding hydrogens is 258 g/mol. The van der Waals surface area contributed by atoms with Gasteiger partial charge in [0.25, 0.3) is 5.91 Å². The largest absolute Gasteiger partial charge is 0.394 e. The second kappa shape index (κ2) is 5.28. The maximum absolute atomic E-state index is 11.6. The lowest BCUT2D eigenvalue weighted by atomic mass is 10.1. The Morgan fingerprint density at radius 1 is 1.60 bits per heavy atom. The number of rotatable bonds is 3. The first-order valence-corrected chi connectivity index (χ1v) is 5.51. The summed E-state index contributed by atoms with van der Waals surface area (Å²) in [6.45, 7) is 3.65. The van der Waals surface area contributed by atoms with E-state index in [1.807, 2.05) is 13.0 Å². The number of hydrogen-bond donors (Lipinski definition) is 2. The Balaban J connectivity index is 2.78. The highest BCUT2D eigenvalue weighted by atomic mass is 79.9. The highest BCUT2D eigenvalue weighted by Gasteiger charge is 2.09. The van der Waals surface area contributed by atoms with Gasteiger partial charge < -0.3 is 10.4 Å². The van der Waals surface area contributed by atoms with Gasteiger partial charge in [-0.05, 0) is 31.5 Å². The number of nitrogens with one attached hydrogen (secondary N) is 1. The molecule has 1 amide bonds. The first-order valence-electron chi connectivity index (χ1n) is 4.72. The van der Waals surface area contributed by atoms with Crippen LogP contribution in [-0.4, -0.2) is 23.7 Å². The van der Waals surface area contributed by atoms with Crippen LogP contribution >= 0.6 is 15.9 Å². The van der Waals surface area contributed by atoms with E-state index in [4.69, 9.17) is 5.11 Å². The van der Waals surface area contributed by atoms with Gasteiger partial charge in [-0.25, -0.2) is 0 Å². The predicted molar refractivity (Wildman–Crippen MR) is 62.9 cm³/mol. The van der Waals surface area contributed by atoms with E-state index in [1.165, 1.54) is 0 Å². The molecule has 2 N–H and O–H groups in total. The molecule has 0 fully saturated rings. The van der Waals surface area contributed by atoms with Crippen molar-refractivity contribution in [2.24, 2.45) is 0 Å². The molecule has 1 aromatic rings. The van der Waals surface area contributed by atoms with Gasteiger partial charge in [0, 0.05) is 16.1 Å². The number of benzene rings is 1. The Kier molecular flexibility index (Phi) is 4.29. The fourth-order valence-corrected chi connectivity index (χ4v) is 1.47. The Bertz CT molecular complexity index is 366. The topological polar surface area (TPSA) is 49.3 Å². The summed E-state index contributed by atoms with van der Waals surface area (Å²) in [6.07, 6.45) is 0. The van der Waals surface area contributed by atoms with Crippen molar-refractivity contribution in [3.63, 3.8) is 0 Å². The minimum Gasteiger partial charge on any atom is -0.394 e. The Morgan fingerprint density at radius 2 is 2.27 bits per heavy atom. The van der Waals surface area contributed by atoms with Gasteiger partial charge in [0.15, 0.2) is 0 Å². The van der Waals surface area contributed by atoms with Gasteiger partial charge in [-0.1, -0.05) is 22.0 Å². The molecule has 0 aliphatic heterocycles. The molecule has 0 saturated carbocycles. The Hall–Kier alpha value is -0.870. The zero-order chi connectivity index (χ0) is 11.4. The quantitative estimate of drug-likeness (QED) is 0.882. The van der Waals surface area contributed by atoms with Gasteiger partial charge in [-0.3, -0.25) is 4.79 Å². The third-order valence-electron chi connectivity index (χ3n) is 2.09.